The van der Waals surface area contributed by atoms with E-state index in [2.05, 4.69) is 122 Å². The molecule has 0 spiro atoms. The molecule has 82 heavy (non-hydrogen) atoms. The summed E-state index contributed by atoms with van der Waals surface area (Å²) in [6.07, 6.45) is 53.5. The van der Waals surface area contributed by atoms with Gasteiger partial charge in [0.15, 0.2) is 24.1 Å². The van der Waals surface area contributed by atoms with E-state index in [-0.39, 0.29) is 0 Å². The van der Waals surface area contributed by atoms with E-state index in [9.17, 15) is 0 Å². The van der Waals surface area contributed by atoms with Gasteiger partial charge >= 0.3 is 0 Å². The number of amidine groups is 6. The molecular formula is C72H102N10+2. The van der Waals surface area contributed by atoms with Crippen LogP contribution < -0.4 is 14.9 Å². The van der Waals surface area contributed by atoms with Crippen molar-refractivity contribution in [3.63, 3.8) is 0 Å². The first kappa shape index (κ1) is 60.7. The highest BCUT2D eigenvalue weighted by Gasteiger charge is 2.37. The minimum absolute atomic E-state index is 0.655. The van der Waals surface area contributed by atoms with Crippen LogP contribution in [-0.2, 0) is 39.8 Å². The fourth-order valence-electron chi connectivity index (χ4n) is 13.0. The van der Waals surface area contributed by atoms with Crippen LogP contribution in [0.15, 0.2) is 86.1 Å². The van der Waals surface area contributed by atoms with E-state index in [1.54, 1.807) is 0 Å². The van der Waals surface area contributed by atoms with Crippen molar-refractivity contribution in [3.05, 3.63) is 117 Å². The Morgan fingerprint density at radius 1 is 0.415 bits per heavy atom. The van der Waals surface area contributed by atoms with Crippen molar-refractivity contribution in [1.29, 1.82) is 0 Å². The lowest BCUT2D eigenvalue weighted by Crippen LogP contribution is -2.66. The van der Waals surface area contributed by atoms with E-state index in [0.29, 0.717) is 11.7 Å². The van der Waals surface area contributed by atoms with Gasteiger partial charge in [-0.3, -0.25) is 0 Å². The third-order valence-corrected chi connectivity index (χ3v) is 17.8. The molecule has 0 amide bonds. The van der Waals surface area contributed by atoms with Crippen molar-refractivity contribution in [3.8, 4) is 11.1 Å². The van der Waals surface area contributed by atoms with Crippen molar-refractivity contribution in [2.45, 2.75) is 259 Å². The first-order valence-corrected chi connectivity index (χ1v) is 33.5. The summed E-state index contributed by atoms with van der Waals surface area (Å²) in [4.78, 5) is 37.2. The standard InChI is InChI=1S/C72H101N10/c1-7-11-15-19-23-27-31-35-39-53-43-45-55(41-37-33-29-25-21-17-13-9-3)63-61(53)69-76-66-58-48-50-81(5)51-59(58)67(75-66)73-65-57-47-49-82(6)52-60(57)68(74-65)77-70-62-54(40-36-32-28-24-20-16-12-8-2)44-46-56(42-38-34-30-26-22-18-14-10-4)64(62)72(79-70)80-71(63)78-69/h43-52H,7-42H2,1-6H3,(H,73,74,75,76,77,78,79,80)/q+1/p+1. The van der Waals surface area contributed by atoms with E-state index in [1.807, 2.05) is 0 Å². The Morgan fingerprint density at radius 3 is 1.28 bits per heavy atom. The summed E-state index contributed by atoms with van der Waals surface area (Å²) in [6.45, 7) is 9.23. The molecule has 438 valence electrons. The Kier molecular flexibility index (Phi) is 23.4. The Hall–Kier alpha value is -5.90. The lowest BCUT2D eigenvalue weighted by atomic mass is 9.89. The largest absolute Gasteiger partial charge is 0.356 e. The monoisotopic (exact) mass is 1110 g/mol. The average Bonchev–Trinajstić information content (AvgIpc) is 4.19. The van der Waals surface area contributed by atoms with Gasteiger partial charge in [0.1, 0.15) is 24.3 Å². The molecule has 0 saturated heterocycles. The molecule has 0 unspecified atom stereocenters. The number of unbranched alkanes of at least 4 members (excludes halogenated alkanes) is 28. The molecule has 0 radical (unpaired) electrons. The lowest BCUT2D eigenvalue weighted by molar-refractivity contribution is -0.671. The number of aryl methyl sites for hydroxylation is 6. The average molecular weight is 1110 g/mol. The van der Waals surface area contributed by atoms with Crippen LogP contribution in [0.2, 0.25) is 0 Å². The van der Waals surface area contributed by atoms with Gasteiger partial charge in [-0.15, -0.1) is 0 Å². The predicted molar refractivity (Wildman–Crippen MR) is 346 cm³/mol. The normalized spacial score (nSPS) is 14.1. The number of aliphatic imine (C=N–C) groups is 5. The second kappa shape index (κ2) is 31.7. The number of pyridine rings is 2. The van der Waals surface area contributed by atoms with Gasteiger partial charge in [-0.2, -0.15) is 9.98 Å². The molecule has 0 aliphatic carbocycles. The smallest absolute Gasteiger partial charge is 0.277 e. The zero-order valence-corrected chi connectivity index (χ0v) is 51.8. The van der Waals surface area contributed by atoms with E-state index >= 15 is 0 Å². The second-order valence-electron chi connectivity index (χ2n) is 24.7. The van der Waals surface area contributed by atoms with Crippen molar-refractivity contribution in [1.82, 2.24) is 14.9 Å². The highest BCUT2D eigenvalue weighted by Crippen LogP contribution is 2.39. The molecular weight excluding hydrogens is 1000 g/mol. The Morgan fingerprint density at radius 2 is 0.829 bits per heavy atom. The van der Waals surface area contributed by atoms with Gasteiger partial charge in [0.25, 0.3) is 11.7 Å². The number of hydrogen-bond donors (Lipinski definition) is 2. The van der Waals surface area contributed by atoms with Crippen LogP contribution in [0.4, 0.5) is 11.6 Å². The Bertz CT molecular complexity index is 3050. The quantitative estimate of drug-likeness (QED) is 0.0308. The summed E-state index contributed by atoms with van der Waals surface area (Å²) >= 11 is 0. The molecule has 10 heteroatoms. The van der Waals surface area contributed by atoms with E-state index in [0.717, 1.165) is 120 Å². The van der Waals surface area contributed by atoms with Gasteiger partial charge in [-0.1, -0.05) is 242 Å². The summed E-state index contributed by atoms with van der Waals surface area (Å²) < 4.78 is 4.19. The maximum Gasteiger partial charge on any atom is 0.277 e. The summed E-state index contributed by atoms with van der Waals surface area (Å²) in [6, 6.07) is 14.0. The van der Waals surface area contributed by atoms with Crippen molar-refractivity contribution in [2.75, 3.05) is 0 Å². The Balaban J connectivity index is 1.17. The molecule has 6 aliphatic heterocycles. The van der Waals surface area contributed by atoms with Crippen LogP contribution in [0.25, 0.3) is 11.1 Å². The summed E-state index contributed by atoms with van der Waals surface area (Å²) in [5, 5.41) is 4.10. The molecule has 3 aromatic rings. The topological polar surface area (TPSA) is 110 Å². The minimum atomic E-state index is 0.655. The summed E-state index contributed by atoms with van der Waals surface area (Å²) in [7, 11) is 4.15. The van der Waals surface area contributed by atoms with Crippen LogP contribution in [0.1, 0.15) is 289 Å². The fraction of sp³-hybridized carbons (Fsp3) is 0.583. The summed E-state index contributed by atoms with van der Waals surface area (Å²) in [5.74, 6) is 5.91. The number of rotatable bonds is 36. The number of aromatic nitrogens is 3. The zero-order valence-electron chi connectivity index (χ0n) is 51.8. The number of fused-ring (bicyclic) bond motifs is 17. The second-order valence-corrected chi connectivity index (χ2v) is 24.7. The van der Waals surface area contributed by atoms with Crippen LogP contribution in [0.3, 0.4) is 0 Å². The van der Waals surface area contributed by atoms with Gasteiger partial charge in [0, 0.05) is 47.8 Å². The molecule has 0 fully saturated rings. The lowest BCUT2D eigenvalue weighted by Gasteiger charge is -2.18. The molecule has 7 heterocycles. The molecule has 2 aromatic carbocycles. The van der Waals surface area contributed by atoms with E-state index in [4.69, 9.17) is 29.9 Å². The molecule has 9 rings (SSSR count). The van der Waals surface area contributed by atoms with E-state index < -0.39 is 0 Å². The predicted octanol–water partition coefficient (Wildman–Crippen LogP) is 16.6. The molecule has 0 saturated carbocycles. The fourth-order valence-corrected chi connectivity index (χ4v) is 13.0. The summed E-state index contributed by atoms with van der Waals surface area (Å²) in [5.41, 5.74) is 14.0. The highest BCUT2D eigenvalue weighted by molar-refractivity contribution is 6.34. The van der Waals surface area contributed by atoms with Crippen LogP contribution in [0.5, 0.6) is 0 Å². The SMILES string of the molecule is CCCCCCCCCCc1ccc(CCCCCCCCCC)c2c1C1=NC3=NC(=[NH+]c4nc(c5cn(C)ccc4-5)N=C4N=C(NC2=N1)c1c(CCCCCCCCCC)ccc(CCCCCCCCCC)c14)c1c[n+](C)ccc13. The molecule has 0 atom stereocenters. The molecule has 6 aliphatic rings. The molecule has 10 nitrogen and oxygen atoms in total. The minimum Gasteiger partial charge on any atom is -0.356 e. The first-order chi connectivity index (χ1) is 40.4. The number of benzene rings is 2. The van der Waals surface area contributed by atoms with Crippen LogP contribution in [0, 0.1) is 0 Å². The number of nitrogens with zero attached hydrogens (tertiary/aromatic N) is 8. The highest BCUT2D eigenvalue weighted by atomic mass is 15.2. The van der Waals surface area contributed by atoms with Crippen LogP contribution in [-0.4, -0.2) is 44.6 Å². The number of nitrogens with one attached hydrogen (secondary N) is 2. The van der Waals surface area contributed by atoms with Gasteiger partial charge in [-0.25, -0.2) is 19.5 Å². The van der Waals surface area contributed by atoms with Crippen LogP contribution >= 0.6 is 0 Å². The third-order valence-electron chi connectivity index (χ3n) is 17.8. The van der Waals surface area contributed by atoms with Crippen molar-refractivity contribution >= 4 is 46.6 Å². The van der Waals surface area contributed by atoms with Crippen molar-refractivity contribution in [2.24, 2.45) is 39.1 Å². The van der Waals surface area contributed by atoms with Crippen molar-refractivity contribution < 1.29 is 9.56 Å². The van der Waals surface area contributed by atoms with Gasteiger partial charge in [0.05, 0.1) is 16.7 Å². The third kappa shape index (κ3) is 15.8. The first-order valence-electron chi connectivity index (χ1n) is 33.5. The maximum absolute atomic E-state index is 5.72. The zero-order chi connectivity index (χ0) is 56.9. The van der Waals surface area contributed by atoms with E-state index in [1.165, 1.54) is 213 Å². The molecule has 8 bridgehead atoms. The number of hydrogen-bond acceptors (Lipinski definition) is 7. The maximum atomic E-state index is 5.72. The van der Waals surface area contributed by atoms with Gasteiger partial charge in [0.2, 0.25) is 11.7 Å². The Labute approximate surface area is 494 Å². The van der Waals surface area contributed by atoms with Gasteiger partial charge in [-0.05, 0) is 79.7 Å². The molecule has 2 N–H and O–H groups in total. The molecule has 1 aromatic heterocycles. The van der Waals surface area contributed by atoms with Gasteiger partial charge < -0.3 is 9.88 Å².